The number of rotatable bonds is 4. The van der Waals surface area contributed by atoms with Crippen LogP contribution in [0.15, 0.2) is 17.1 Å². The predicted octanol–water partition coefficient (Wildman–Crippen LogP) is 2.04. The quantitative estimate of drug-likeness (QED) is 0.766. The number of hydrogen-bond donors (Lipinski definition) is 2. The Hall–Kier alpha value is -2.48. The average Bonchev–Trinajstić information content (AvgIpc) is 3.05. The van der Waals surface area contributed by atoms with E-state index in [0.717, 1.165) is 16.8 Å². The lowest BCUT2D eigenvalue weighted by atomic mass is 10.1. The highest BCUT2D eigenvalue weighted by molar-refractivity contribution is 7.07. The van der Waals surface area contributed by atoms with Crippen LogP contribution in [0.1, 0.15) is 21.7 Å². The summed E-state index contributed by atoms with van der Waals surface area (Å²) in [6.45, 7) is 2.29. The monoisotopic (exact) mass is 303 g/mol. The maximum absolute atomic E-state index is 11.4. The number of thiazole rings is 1. The zero-order valence-electron chi connectivity index (χ0n) is 11.5. The predicted molar refractivity (Wildman–Crippen MR) is 79.6 cm³/mol. The third kappa shape index (κ3) is 2.33. The molecule has 0 aliphatic carbocycles. The Labute approximate surface area is 124 Å². The first-order chi connectivity index (χ1) is 10.1. The van der Waals surface area contributed by atoms with E-state index in [2.05, 4.69) is 20.4 Å². The van der Waals surface area contributed by atoms with Crippen molar-refractivity contribution in [2.45, 2.75) is 13.5 Å². The van der Waals surface area contributed by atoms with Crippen molar-refractivity contribution in [3.8, 4) is 0 Å². The third-order valence-electron chi connectivity index (χ3n) is 3.19. The molecular formula is C13H13N5O2S. The van der Waals surface area contributed by atoms with E-state index in [0.29, 0.717) is 17.9 Å². The van der Waals surface area contributed by atoms with Gasteiger partial charge in [-0.25, -0.2) is 14.8 Å². The highest BCUT2D eigenvalue weighted by Gasteiger charge is 2.19. The fraction of sp³-hybridized carbons (Fsp3) is 0.231. The summed E-state index contributed by atoms with van der Waals surface area (Å²) >= 11 is 1.50. The van der Waals surface area contributed by atoms with Gasteiger partial charge in [0.15, 0.2) is 5.65 Å². The zero-order chi connectivity index (χ0) is 15.0. The molecule has 0 unspecified atom stereocenters. The molecule has 8 heteroatoms. The van der Waals surface area contributed by atoms with E-state index in [9.17, 15) is 9.90 Å². The molecule has 7 nitrogen and oxygen atoms in total. The number of carbonyl (C=O) groups is 1. The molecule has 3 heterocycles. The molecule has 0 amide bonds. The van der Waals surface area contributed by atoms with Gasteiger partial charge < -0.3 is 10.4 Å². The fourth-order valence-corrected chi connectivity index (χ4v) is 2.82. The minimum absolute atomic E-state index is 0.133. The van der Waals surface area contributed by atoms with Gasteiger partial charge in [0.25, 0.3) is 0 Å². The molecular weight excluding hydrogens is 290 g/mol. The van der Waals surface area contributed by atoms with Crippen molar-refractivity contribution in [3.63, 3.8) is 0 Å². The first-order valence-electron chi connectivity index (χ1n) is 6.24. The van der Waals surface area contributed by atoms with Crippen LogP contribution in [0, 0.1) is 6.92 Å². The molecule has 0 bridgehead atoms. The highest BCUT2D eigenvalue weighted by atomic mass is 32.1. The third-order valence-corrected chi connectivity index (χ3v) is 3.82. The highest BCUT2D eigenvalue weighted by Crippen LogP contribution is 2.29. The number of nitrogens with zero attached hydrogens (tertiary/aromatic N) is 4. The Bertz CT molecular complexity index is 810. The summed E-state index contributed by atoms with van der Waals surface area (Å²) < 4.78 is 1.64. The van der Waals surface area contributed by atoms with Gasteiger partial charge in [0.1, 0.15) is 5.56 Å². The van der Waals surface area contributed by atoms with Crippen LogP contribution in [0.2, 0.25) is 0 Å². The van der Waals surface area contributed by atoms with Crippen LogP contribution in [-0.2, 0) is 13.6 Å². The Morgan fingerprint density at radius 3 is 2.95 bits per heavy atom. The molecule has 108 valence electrons. The second-order valence-corrected chi connectivity index (χ2v) is 5.31. The van der Waals surface area contributed by atoms with E-state index < -0.39 is 5.97 Å². The van der Waals surface area contributed by atoms with Crippen molar-refractivity contribution in [1.29, 1.82) is 0 Å². The second-order valence-electron chi connectivity index (χ2n) is 4.59. The first-order valence-corrected chi connectivity index (χ1v) is 7.18. The van der Waals surface area contributed by atoms with Gasteiger partial charge in [-0.1, -0.05) is 0 Å². The van der Waals surface area contributed by atoms with E-state index in [1.807, 2.05) is 12.3 Å². The van der Waals surface area contributed by atoms with Gasteiger partial charge in [0.05, 0.1) is 34.5 Å². The Kier molecular flexibility index (Phi) is 3.30. The van der Waals surface area contributed by atoms with Gasteiger partial charge in [-0.15, -0.1) is 11.3 Å². The lowest BCUT2D eigenvalue weighted by molar-refractivity contribution is 0.0697. The van der Waals surface area contributed by atoms with Gasteiger partial charge >= 0.3 is 5.97 Å². The number of pyridine rings is 1. The van der Waals surface area contributed by atoms with Crippen LogP contribution < -0.4 is 5.32 Å². The molecule has 3 aromatic heterocycles. The minimum atomic E-state index is -1.02. The molecule has 0 fully saturated rings. The molecule has 0 radical (unpaired) electrons. The minimum Gasteiger partial charge on any atom is -0.478 e. The lowest BCUT2D eigenvalue weighted by Gasteiger charge is -2.10. The first kappa shape index (κ1) is 13.5. The van der Waals surface area contributed by atoms with Crippen LogP contribution >= 0.6 is 11.3 Å². The number of fused-ring (bicyclic) bond motifs is 1. The number of carboxylic acids is 1. The van der Waals surface area contributed by atoms with E-state index in [1.54, 1.807) is 17.2 Å². The Morgan fingerprint density at radius 1 is 1.48 bits per heavy atom. The topological polar surface area (TPSA) is 92.9 Å². The summed E-state index contributed by atoms with van der Waals surface area (Å²) in [5.74, 6) is -1.02. The number of anilines is 1. The number of aromatic carboxylic acids is 1. The van der Waals surface area contributed by atoms with E-state index in [4.69, 9.17) is 0 Å². The number of carboxylic acid groups (broad SMARTS) is 1. The molecule has 3 aromatic rings. The Balaban J connectivity index is 2.12. The normalized spacial score (nSPS) is 11.0. The van der Waals surface area contributed by atoms with Crippen molar-refractivity contribution >= 4 is 34.0 Å². The van der Waals surface area contributed by atoms with Crippen LogP contribution in [0.3, 0.4) is 0 Å². The number of aromatic nitrogens is 4. The van der Waals surface area contributed by atoms with Gasteiger partial charge in [0, 0.05) is 18.6 Å². The molecule has 3 rings (SSSR count). The summed E-state index contributed by atoms with van der Waals surface area (Å²) in [4.78, 5) is 19.8. The van der Waals surface area contributed by atoms with Crippen molar-refractivity contribution in [1.82, 2.24) is 19.7 Å². The molecule has 2 N–H and O–H groups in total. The van der Waals surface area contributed by atoms with Gasteiger partial charge in [-0.3, -0.25) is 4.68 Å². The van der Waals surface area contributed by atoms with Gasteiger partial charge in [-0.05, 0) is 6.92 Å². The lowest BCUT2D eigenvalue weighted by Crippen LogP contribution is -2.08. The summed E-state index contributed by atoms with van der Waals surface area (Å²) in [6.07, 6.45) is 1.36. The molecule has 0 aromatic carbocycles. The maximum atomic E-state index is 11.4. The second kappa shape index (κ2) is 5.13. The van der Waals surface area contributed by atoms with Crippen molar-refractivity contribution in [2.24, 2.45) is 7.05 Å². The maximum Gasteiger partial charge on any atom is 0.339 e. The standard InChI is InChI=1S/C13H13N5O2S/c1-7-10-11(14-3-8-5-21-6-16-8)9(13(19)20)4-15-12(10)18(2)17-7/h4-6H,3H2,1-2H3,(H,14,15)(H,19,20). The van der Waals surface area contributed by atoms with Crippen LogP contribution in [0.5, 0.6) is 0 Å². The van der Waals surface area contributed by atoms with Crippen molar-refractivity contribution in [3.05, 3.63) is 34.0 Å². The smallest absolute Gasteiger partial charge is 0.339 e. The molecule has 0 aliphatic rings. The fourth-order valence-electron chi connectivity index (χ4n) is 2.26. The number of hydrogen-bond acceptors (Lipinski definition) is 6. The summed E-state index contributed by atoms with van der Waals surface area (Å²) in [6, 6.07) is 0. The Morgan fingerprint density at radius 2 is 2.29 bits per heavy atom. The zero-order valence-corrected chi connectivity index (χ0v) is 12.3. The van der Waals surface area contributed by atoms with Gasteiger partial charge in [-0.2, -0.15) is 5.10 Å². The molecule has 0 atom stereocenters. The molecule has 21 heavy (non-hydrogen) atoms. The number of aryl methyl sites for hydroxylation is 2. The number of nitrogens with one attached hydrogen (secondary N) is 1. The van der Waals surface area contributed by atoms with E-state index >= 15 is 0 Å². The molecule has 0 saturated heterocycles. The van der Waals surface area contributed by atoms with Crippen LogP contribution in [0.25, 0.3) is 11.0 Å². The van der Waals surface area contributed by atoms with E-state index in [-0.39, 0.29) is 5.56 Å². The summed E-state index contributed by atoms with van der Waals surface area (Å²) in [7, 11) is 1.78. The largest absolute Gasteiger partial charge is 0.478 e. The van der Waals surface area contributed by atoms with Crippen molar-refractivity contribution in [2.75, 3.05) is 5.32 Å². The van der Waals surface area contributed by atoms with Crippen LogP contribution in [-0.4, -0.2) is 30.8 Å². The van der Waals surface area contributed by atoms with E-state index in [1.165, 1.54) is 17.5 Å². The molecule has 0 saturated carbocycles. The average molecular weight is 303 g/mol. The van der Waals surface area contributed by atoms with Crippen LogP contribution in [0.4, 0.5) is 5.69 Å². The molecule has 0 aliphatic heterocycles. The van der Waals surface area contributed by atoms with Gasteiger partial charge in [0.2, 0.25) is 0 Å². The molecule has 0 spiro atoms. The SMILES string of the molecule is Cc1nn(C)c2ncc(C(=O)O)c(NCc3cscn3)c12. The van der Waals surface area contributed by atoms with Crippen molar-refractivity contribution < 1.29 is 9.90 Å². The summed E-state index contributed by atoms with van der Waals surface area (Å²) in [5, 5.41) is 19.5. The summed E-state index contributed by atoms with van der Waals surface area (Å²) in [5.41, 5.74) is 4.66.